The van der Waals surface area contributed by atoms with Crippen LogP contribution in [-0.2, 0) is 22.6 Å². The second kappa shape index (κ2) is 6.52. The number of hydrogen-bond acceptors (Lipinski definition) is 4. The highest BCUT2D eigenvalue weighted by molar-refractivity contribution is 7.07. The number of pyridine rings is 1. The van der Waals surface area contributed by atoms with Gasteiger partial charge in [0, 0.05) is 18.2 Å². The van der Waals surface area contributed by atoms with Crippen LogP contribution in [0.15, 0.2) is 35.2 Å². The first-order valence-corrected chi connectivity index (χ1v) is 6.83. The van der Waals surface area contributed by atoms with Crippen molar-refractivity contribution < 1.29 is 9.53 Å². The molecule has 0 amide bonds. The van der Waals surface area contributed by atoms with E-state index in [1.54, 1.807) is 29.7 Å². The maximum atomic E-state index is 11.5. The van der Waals surface area contributed by atoms with E-state index in [0.29, 0.717) is 11.6 Å². The minimum absolute atomic E-state index is 0.198. The normalized spacial score (nSPS) is 10.3. The minimum atomic E-state index is -0.198. The molecule has 0 radical (unpaired) electrons. The monoisotopic (exact) mass is 281 g/mol. The summed E-state index contributed by atoms with van der Waals surface area (Å²) in [5.41, 5.74) is 2.01. The summed E-state index contributed by atoms with van der Waals surface area (Å²) in [4.78, 5) is 15.4. The number of esters is 1. The fourth-order valence-electron chi connectivity index (χ4n) is 1.41. The molecule has 0 atom stereocenters. The Morgan fingerprint density at radius 2 is 2.22 bits per heavy atom. The lowest BCUT2D eigenvalue weighted by Crippen LogP contribution is -2.05. The van der Waals surface area contributed by atoms with E-state index in [9.17, 15) is 4.79 Å². The lowest BCUT2D eigenvalue weighted by Gasteiger charge is -2.04. The van der Waals surface area contributed by atoms with Gasteiger partial charge in [-0.15, -0.1) is 0 Å². The number of carbonyl (C=O) groups is 1. The van der Waals surface area contributed by atoms with Crippen molar-refractivity contribution in [2.75, 3.05) is 0 Å². The number of halogens is 1. The number of hydrogen-bond donors (Lipinski definition) is 0. The summed E-state index contributed by atoms with van der Waals surface area (Å²) in [6, 6.07) is 5.48. The number of rotatable bonds is 5. The number of aromatic nitrogens is 1. The average Bonchev–Trinajstić information content (AvgIpc) is 2.89. The molecule has 18 heavy (non-hydrogen) atoms. The molecule has 0 aliphatic carbocycles. The molecule has 2 aromatic rings. The molecule has 0 aliphatic heterocycles. The maximum Gasteiger partial charge on any atom is 0.306 e. The third kappa shape index (κ3) is 4.13. The van der Waals surface area contributed by atoms with Crippen molar-refractivity contribution in [3.05, 3.63) is 51.4 Å². The summed E-state index contributed by atoms with van der Waals surface area (Å²) in [5.74, 6) is -0.198. The molecule has 5 heteroatoms. The fourth-order valence-corrected chi connectivity index (χ4v) is 2.22. The van der Waals surface area contributed by atoms with Crippen LogP contribution in [0.25, 0.3) is 0 Å². The van der Waals surface area contributed by atoms with Crippen LogP contribution in [0, 0.1) is 0 Å². The smallest absolute Gasteiger partial charge is 0.306 e. The predicted octanol–water partition coefficient (Wildman–Crippen LogP) is 3.47. The van der Waals surface area contributed by atoms with E-state index in [0.717, 1.165) is 12.0 Å². The van der Waals surface area contributed by atoms with E-state index in [1.165, 1.54) is 5.56 Å². The number of nitrogens with zero attached hydrogens (tertiary/aromatic N) is 1. The van der Waals surface area contributed by atoms with Gasteiger partial charge in [-0.25, -0.2) is 4.98 Å². The molecule has 3 nitrogen and oxygen atoms in total. The molecule has 0 spiro atoms. The minimum Gasteiger partial charge on any atom is -0.461 e. The lowest BCUT2D eigenvalue weighted by atomic mass is 10.2. The van der Waals surface area contributed by atoms with Gasteiger partial charge in [-0.05, 0) is 34.9 Å². The molecule has 2 heterocycles. The van der Waals surface area contributed by atoms with E-state index in [2.05, 4.69) is 4.98 Å². The Bertz CT molecular complexity index is 496. The van der Waals surface area contributed by atoms with E-state index in [1.807, 2.05) is 16.8 Å². The van der Waals surface area contributed by atoms with Crippen molar-refractivity contribution in [3.8, 4) is 0 Å². The zero-order chi connectivity index (χ0) is 12.8. The van der Waals surface area contributed by atoms with Crippen LogP contribution in [0.3, 0.4) is 0 Å². The van der Waals surface area contributed by atoms with Crippen molar-refractivity contribution in [2.24, 2.45) is 0 Å². The summed E-state index contributed by atoms with van der Waals surface area (Å²) >= 11 is 7.29. The molecule has 0 N–H and O–H groups in total. The molecule has 0 aliphatic rings. The van der Waals surface area contributed by atoms with Gasteiger partial charge in [-0.2, -0.15) is 11.3 Å². The van der Waals surface area contributed by atoms with Gasteiger partial charge in [0.2, 0.25) is 0 Å². The van der Waals surface area contributed by atoms with Crippen LogP contribution >= 0.6 is 22.9 Å². The molecule has 2 rings (SSSR count). The quantitative estimate of drug-likeness (QED) is 0.622. The Morgan fingerprint density at radius 1 is 1.33 bits per heavy atom. The maximum absolute atomic E-state index is 11.5. The van der Waals surface area contributed by atoms with Gasteiger partial charge in [0.25, 0.3) is 0 Å². The van der Waals surface area contributed by atoms with Gasteiger partial charge < -0.3 is 4.74 Å². The number of carbonyl (C=O) groups excluding carboxylic acids is 1. The highest BCUT2D eigenvalue weighted by Gasteiger charge is 2.04. The molecule has 0 fully saturated rings. The zero-order valence-electron chi connectivity index (χ0n) is 9.64. The van der Waals surface area contributed by atoms with Gasteiger partial charge in [-0.3, -0.25) is 4.79 Å². The Hall–Kier alpha value is -1.39. The van der Waals surface area contributed by atoms with Crippen LogP contribution in [-0.4, -0.2) is 11.0 Å². The standard InChI is InChI=1S/C13H12ClNO2S/c14-12-3-1-11(7-15-12)8-17-13(16)4-2-10-5-6-18-9-10/h1,3,5-7,9H,2,4,8H2. The largest absolute Gasteiger partial charge is 0.461 e. The molecule has 0 bridgehead atoms. The number of thiophene rings is 1. The van der Waals surface area contributed by atoms with E-state index in [4.69, 9.17) is 16.3 Å². The van der Waals surface area contributed by atoms with Crippen molar-refractivity contribution in [1.29, 1.82) is 0 Å². The van der Waals surface area contributed by atoms with Crippen LogP contribution in [0.2, 0.25) is 5.15 Å². The second-order valence-electron chi connectivity index (χ2n) is 3.78. The first-order valence-electron chi connectivity index (χ1n) is 5.51. The van der Waals surface area contributed by atoms with E-state index >= 15 is 0 Å². The highest BCUT2D eigenvalue weighted by atomic mass is 35.5. The van der Waals surface area contributed by atoms with Gasteiger partial charge in [0.05, 0.1) is 0 Å². The zero-order valence-corrected chi connectivity index (χ0v) is 11.2. The van der Waals surface area contributed by atoms with Gasteiger partial charge in [0.15, 0.2) is 0 Å². The van der Waals surface area contributed by atoms with E-state index in [-0.39, 0.29) is 12.6 Å². The predicted molar refractivity (Wildman–Crippen MR) is 71.7 cm³/mol. The average molecular weight is 282 g/mol. The molecule has 94 valence electrons. The van der Waals surface area contributed by atoms with E-state index < -0.39 is 0 Å². The summed E-state index contributed by atoms with van der Waals surface area (Å²) in [7, 11) is 0. The lowest BCUT2D eigenvalue weighted by molar-refractivity contribution is -0.144. The third-order valence-corrected chi connectivity index (χ3v) is 3.34. The van der Waals surface area contributed by atoms with Crippen molar-refractivity contribution >= 4 is 28.9 Å². The number of aryl methyl sites for hydroxylation is 1. The Morgan fingerprint density at radius 3 is 2.89 bits per heavy atom. The SMILES string of the molecule is O=C(CCc1ccsc1)OCc1ccc(Cl)nc1. The van der Waals surface area contributed by atoms with Gasteiger partial charge in [0.1, 0.15) is 11.8 Å². The Labute approximate surface area is 114 Å². The summed E-state index contributed by atoms with van der Waals surface area (Å²) in [6.45, 7) is 0.243. The van der Waals surface area contributed by atoms with Crippen LogP contribution in [0.1, 0.15) is 17.5 Å². The van der Waals surface area contributed by atoms with Gasteiger partial charge >= 0.3 is 5.97 Å². The highest BCUT2D eigenvalue weighted by Crippen LogP contribution is 2.10. The molecule has 0 unspecified atom stereocenters. The van der Waals surface area contributed by atoms with Crippen molar-refractivity contribution in [1.82, 2.24) is 4.98 Å². The summed E-state index contributed by atoms with van der Waals surface area (Å²) < 4.78 is 5.15. The summed E-state index contributed by atoms with van der Waals surface area (Å²) in [5, 5.41) is 4.47. The molecular weight excluding hydrogens is 270 g/mol. The molecule has 0 saturated carbocycles. The van der Waals surface area contributed by atoms with Crippen LogP contribution in [0.4, 0.5) is 0 Å². The molecule has 2 aromatic heterocycles. The Balaban J connectivity index is 1.73. The van der Waals surface area contributed by atoms with Gasteiger partial charge in [-0.1, -0.05) is 17.7 Å². The molecule has 0 saturated heterocycles. The topological polar surface area (TPSA) is 39.2 Å². The fraction of sp³-hybridized carbons (Fsp3) is 0.231. The number of ether oxygens (including phenoxy) is 1. The van der Waals surface area contributed by atoms with Crippen molar-refractivity contribution in [2.45, 2.75) is 19.4 Å². The van der Waals surface area contributed by atoms with Crippen LogP contribution in [0.5, 0.6) is 0 Å². The molecule has 0 aromatic carbocycles. The second-order valence-corrected chi connectivity index (χ2v) is 4.95. The molecular formula is C13H12ClNO2S. The van der Waals surface area contributed by atoms with Crippen molar-refractivity contribution in [3.63, 3.8) is 0 Å². The third-order valence-electron chi connectivity index (χ3n) is 2.39. The first kappa shape index (κ1) is 13.1. The first-order chi connectivity index (χ1) is 8.74. The summed E-state index contributed by atoms with van der Waals surface area (Å²) in [6.07, 6.45) is 2.73. The Kier molecular flexibility index (Phi) is 4.73. The van der Waals surface area contributed by atoms with Crippen LogP contribution < -0.4 is 0 Å².